The lowest BCUT2D eigenvalue weighted by Crippen LogP contribution is -2.44. The molecule has 0 aliphatic heterocycles. The number of benzene rings is 2. The fourth-order valence-corrected chi connectivity index (χ4v) is 3.53. The van der Waals surface area contributed by atoms with Crippen molar-refractivity contribution in [2.45, 2.75) is 27.2 Å². The van der Waals surface area contributed by atoms with Crippen LogP contribution in [0.2, 0.25) is 0 Å². The maximum Gasteiger partial charge on any atom is 0.242 e. The van der Waals surface area contributed by atoms with Crippen LogP contribution in [0.3, 0.4) is 0 Å². The molecule has 164 valence electrons. The average molecular weight is 413 g/mol. The van der Waals surface area contributed by atoms with Crippen LogP contribution in [0.25, 0.3) is 10.8 Å². The molecule has 2 rings (SSSR count). The van der Waals surface area contributed by atoms with E-state index in [0.29, 0.717) is 25.2 Å². The van der Waals surface area contributed by atoms with Crippen LogP contribution >= 0.6 is 0 Å². The minimum atomic E-state index is 0.0611. The molecular weight excluding hydrogens is 376 g/mol. The third-order valence-electron chi connectivity index (χ3n) is 5.61. The van der Waals surface area contributed by atoms with E-state index in [-0.39, 0.29) is 11.7 Å². The van der Waals surface area contributed by atoms with Crippen molar-refractivity contribution < 1.29 is 9.59 Å². The Morgan fingerprint density at radius 3 is 2.23 bits per heavy atom. The number of nitrogens with zero attached hydrogens (tertiary/aromatic N) is 3. The summed E-state index contributed by atoms with van der Waals surface area (Å²) in [5.74, 6) is 0.177. The Balaban J connectivity index is 2.08. The second kappa shape index (κ2) is 11.7. The molecule has 0 unspecified atom stereocenters. The van der Waals surface area contributed by atoms with Gasteiger partial charge >= 0.3 is 0 Å². The summed E-state index contributed by atoms with van der Waals surface area (Å²) in [4.78, 5) is 30.8. The molecule has 1 amide bonds. The summed E-state index contributed by atoms with van der Waals surface area (Å²) in [6, 6.07) is 11.8. The summed E-state index contributed by atoms with van der Waals surface area (Å²) in [7, 11) is 1.94. The van der Waals surface area contributed by atoms with Gasteiger partial charge in [0, 0.05) is 37.9 Å². The lowest BCUT2D eigenvalue weighted by atomic mass is 10.0. The normalized spacial score (nSPS) is 11.1. The number of amides is 1. The molecule has 0 bridgehead atoms. The molecule has 6 nitrogen and oxygen atoms in total. The van der Waals surface area contributed by atoms with Crippen molar-refractivity contribution in [3.05, 3.63) is 42.0 Å². The number of nitrogens with two attached hydrogens (primary N) is 1. The van der Waals surface area contributed by atoms with Crippen LogP contribution < -0.4 is 10.6 Å². The molecule has 2 aromatic carbocycles. The van der Waals surface area contributed by atoms with Crippen molar-refractivity contribution in [2.24, 2.45) is 5.73 Å². The average Bonchev–Trinajstić information content (AvgIpc) is 2.75. The van der Waals surface area contributed by atoms with Crippen LogP contribution in [-0.4, -0.2) is 74.4 Å². The fourth-order valence-electron chi connectivity index (χ4n) is 3.53. The first-order chi connectivity index (χ1) is 14.4. The van der Waals surface area contributed by atoms with E-state index < -0.39 is 0 Å². The number of likely N-dealkylation sites (N-methyl/N-ethyl adjacent to an activating group) is 2. The zero-order valence-electron chi connectivity index (χ0n) is 18.9. The molecule has 0 aliphatic carbocycles. The van der Waals surface area contributed by atoms with Crippen molar-refractivity contribution in [1.29, 1.82) is 0 Å². The standard InChI is InChI=1S/C24H36N4O2/c1-5-27(6-2)14-15-28(13-7-12-25)24(30)18-26(4)23-11-10-21-16-20(19(3)29)8-9-22(21)17-23/h8-11,16-17H,5-7,12-15,18,25H2,1-4H3. The van der Waals surface area contributed by atoms with Crippen molar-refractivity contribution in [3.63, 3.8) is 0 Å². The van der Waals surface area contributed by atoms with E-state index in [9.17, 15) is 9.59 Å². The highest BCUT2D eigenvalue weighted by Crippen LogP contribution is 2.23. The Morgan fingerprint density at radius 2 is 1.60 bits per heavy atom. The van der Waals surface area contributed by atoms with Gasteiger partial charge in [-0.1, -0.05) is 32.0 Å². The Morgan fingerprint density at radius 1 is 0.933 bits per heavy atom. The molecule has 2 N–H and O–H groups in total. The van der Waals surface area contributed by atoms with Crippen molar-refractivity contribution >= 4 is 28.2 Å². The molecule has 0 saturated carbocycles. The lowest BCUT2D eigenvalue weighted by molar-refractivity contribution is -0.130. The van der Waals surface area contributed by atoms with Gasteiger partial charge in [0.15, 0.2) is 5.78 Å². The number of carbonyl (C=O) groups is 2. The SMILES string of the molecule is CCN(CC)CCN(CCCN)C(=O)CN(C)c1ccc2cc(C(C)=O)ccc2c1. The Kier molecular flexibility index (Phi) is 9.27. The van der Waals surface area contributed by atoms with E-state index in [1.54, 1.807) is 6.92 Å². The largest absolute Gasteiger partial charge is 0.365 e. The van der Waals surface area contributed by atoms with Gasteiger partial charge in [-0.15, -0.1) is 0 Å². The van der Waals surface area contributed by atoms with Gasteiger partial charge in [0.1, 0.15) is 0 Å². The summed E-state index contributed by atoms with van der Waals surface area (Å²) >= 11 is 0. The van der Waals surface area contributed by atoms with Gasteiger partial charge in [-0.3, -0.25) is 9.59 Å². The molecule has 0 fully saturated rings. The molecule has 0 aliphatic rings. The quantitative estimate of drug-likeness (QED) is 0.543. The van der Waals surface area contributed by atoms with E-state index in [1.807, 2.05) is 47.2 Å². The van der Waals surface area contributed by atoms with Gasteiger partial charge in [-0.2, -0.15) is 0 Å². The minimum absolute atomic E-state index is 0.0611. The molecule has 30 heavy (non-hydrogen) atoms. The number of fused-ring (bicyclic) bond motifs is 1. The van der Waals surface area contributed by atoms with Gasteiger partial charge in [-0.25, -0.2) is 0 Å². The number of rotatable bonds is 12. The number of carbonyl (C=O) groups excluding carboxylic acids is 2. The van der Waals surface area contributed by atoms with Gasteiger partial charge in [0.2, 0.25) is 5.91 Å². The van der Waals surface area contributed by atoms with Gasteiger partial charge in [0.05, 0.1) is 6.54 Å². The number of anilines is 1. The summed E-state index contributed by atoms with van der Waals surface area (Å²) in [6.45, 7) is 11.0. The molecule has 6 heteroatoms. The molecule has 0 spiro atoms. The first-order valence-corrected chi connectivity index (χ1v) is 10.9. The lowest BCUT2D eigenvalue weighted by Gasteiger charge is -2.29. The summed E-state index contributed by atoms with van der Waals surface area (Å²) in [5.41, 5.74) is 7.37. The zero-order chi connectivity index (χ0) is 22.1. The van der Waals surface area contributed by atoms with Gasteiger partial charge in [0.25, 0.3) is 0 Å². The maximum absolute atomic E-state index is 13.0. The molecule has 0 heterocycles. The predicted molar refractivity (Wildman–Crippen MR) is 125 cm³/mol. The Bertz CT molecular complexity index is 848. The van der Waals surface area contributed by atoms with E-state index in [0.717, 1.165) is 49.1 Å². The molecular formula is C24H36N4O2. The second-order valence-electron chi connectivity index (χ2n) is 7.71. The van der Waals surface area contributed by atoms with Crippen LogP contribution in [0.15, 0.2) is 36.4 Å². The number of Topliss-reactive ketones (excluding diaryl/α,β-unsaturated/α-hetero) is 1. The predicted octanol–water partition coefficient (Wildman–Crippen LogP) is 3.00. The second-order valence-corrected chi connectivity index (χ2v) is 7.71. The van der Waals surface area contributed by atoms with Gasteiger partial charge < -0.3 is 20.4 Å². The highest BCUT2D eigenvalue weighted by Gasteiger charge is 2.17. The van der Waals surface area contributed by atoms with Crippen molar-refractivity contribution in [3.8, 4) is 0 Å². The summed E-state index contributed by atoms with van der Waals surface area (Å²) in [6.07, 6.45) is 0.808. The Hall–Kier alpha value is -2.44. The molecule has 0 radical (unpaired) electrons. The van der Waals surface area contributed by atoms with Crippen LogP contribution in [-0.2, 0) is 4.79 Å². The summed E-state index contributed by atoms with van der Waals surface area (Å²) < 4.78 is 0. The van der Waals surface area contributed by atoms with E-state index in [1.165, 1.54) is 0 Å². The van der Waals surface area contributed by atoms with Crippen LogP contribution in [0, 0.1) is 0 Å². The number of ketones is 1. The first kappa shape index (κ1) is 23.8. The molecule has 0 aromatic heterocycles. The monoisotopic (exact) mass is 412 g/mol. The van der Waals surface area contributed by atoms with Crippen molar-refractivity contribution in [1.82, 2.24) is 9.80 Å². The molecule has 2 aromatic rings. The maximum atomic E-state index is 13.0. The third kappa shape index (κ3) is 6.54. The third-order valence-corrected chi connectivity index (χ3v) is 5.61. The molecule has 0 atom stereocenters. The fraction of sp³-hybridized carbons (Fsp3) is 0.500. The van der Waals surface area contributed by atoms with E-state index in [2.05, 4.69) is 24.8 Å². The van der Waals surface area contributed by atoms with E-state index in [4.69, 9.17) is 5.73 Å². The number of hydrogen-bond acceptors (Lipinski definition) is 5. The topological polar surface area (TPSA) is 69.9 Å². The van der Waals surface area contributed by atoms with E-state index >= 15 is 0 Å². The van der Waals surface area contributed by atoms with Crippen LogP contribution in [0.5, 0.6) is 0 Å². The number of hydrogen-bond donors (Lipinski definition) is 1. The minimum Gasteiger partial charge on any atom is -0.365 e. The molecule has 0 saturated heterocycles. The smallest absolute Gasteiger partial charge is 0.242 e. The first-order valence-electron chi connectivity index (χ1n) is 10.9. The highest BCUT2D eigenvalue weighted by molar-refractivity contribution is 5.99. The van der Waals surface area contributed by atoms with Crippen LogP contribution in [0.4, 0.5) is 5.69 Å². The zero-order valence-corrected chi connectivity index (χ0v) is 18.9. The van der Waals surface area contributed by atoms with Crippen LogP contribution in [0.1, 0.15) is 37.6 Å². The van der Waals surface area contributed by atoms with Crippen molar-refractivity contribution in [2.75, 3.05) is 57.8 Å². The van der Waals surface area contributed by atoms with Gasteiger partial charge in [-0.05, 0) is 62.0 Å². The summed E-state index contributed by atoms with van der Waals surface area (Å²) in [5, 5.41) is 2.08. The highest BCUT2D eigenvalue weighted by atomic mass is 16.2. The Labute approximate surface area is 180 Å².